The summed E-state index contributed by atoms with van der Waals surface area (Å²) in [5.74, 6) is 0.185. The van der Waals surface area contributed by atoms with Crippen molar-refractivity contribution in [2.24, 2.45) is 0 Å². The Morgan fingerprint density at radius 3 is 2.39 bits per heavy atom. The average molecular weight is 353 g/mol. The fourth-order valence-corrected chi connectivity index (χ4v) is 3.35. The van der Waals surface area contributed by atoms with Crippen molar-refractivity contribution >= 4 is 29.1 Å². The minimum absolute atomic E-state index is 0.109. The number of rotatable bonds is 3. The Kier molecular flexibility index (Phi) is 4.95. The van der Waals surface area contributed by atoms with E-state index < -0.39 is 0 Å². The van der Waals surface area contributed by atoms with Crippen molar-refractivity contribution in [1.82, 2.24) is 9.80 Å². The van der Waals surface area contributed by atoms with Crippen molar-refractivity contribution in [2.45, 2.75) is 13.0 Å². The van der Waals surface area contributed by atoms with Gasteiger partial charge in [0.1, 0.15) is 0 Å². The third-order valence-electron chi connectivity index (χ3n) is 4.29. The van der Waals surface area contributed by atoms with E-state index >= 15 is 0 Å². The van der Waals surface area contributed by atoms with Gasteiger partial charge in [-0.1, -0.05) is 29.8 Å². The first kappa shape index (κ1) is 16.4. The highest BCUT2D eigenvalue weighted by atomic mass is 35.5. The van der Waals surface area contributed by atoms with Gasteiger partial charge >= 0.3 is 0 Å². The van der Waals surface area contributed by atoms with Gasteiger partial charge in [-0.3, -0.25) is 9.69 Å². The summed E-state index contributed by atoms with van der Waals surface area (Å²) in [4.78, 5) is 16.5. The Morgan fingerprint density at radius 1 is 1.09 bits per heavy atom. The number of furan rings is 1. The van der Waals surface area contributed by atoms with Gasteiger partial charge in [-0.15, -0.1) is 0 Å². The molecule has 0 aliphatic carbocycles. The van der Waals surface area contributed by atoms with Crippen LogP contribution in [0.4, 0.5) is 0 Å². The molecule has 0 N–H and O–H groups in total. The Labute approximate surface area is 145 Å². The Morgan fingerprint density at radius 2 is 1.78 bits per heavy atom. The van der Waals surface area contributed by atoms with Gasteiger partial charge < -0.3 is 9.32 Å². The van der Waals surface area contributed by atoms with Crippen LogP contribution >= 0.6 is 23.2 Å². The van der Waals surface area contributed by atoms with E-state index in [0.29, 0.717) is 18.8 Å². The molecule has 3 rings (SSSR count). The van der Waals surface area contributed by atoms with Gasteiger partial charge in [0.15, 0.2) is 11.0 Å². The number of benzene rings is 1. The first-order valence-corrected chi connectivity index (χ1v) is 8.35. The Bertz CT molecular complexity index is 693. The number of carbonyl (C=O) groups excluding carboxylic acids is 1. The van der Waals surface area contributed by atoms with Crippen molar-refractivity contribution in [3.8, 4) is 0 Å². The molecule has 0 saturated carbocycles. The molecule has 0 bridgehead atoms. The lowest BCUT2D eigenvalue weighted by Crippen LogP contribution is -2.49. The van der Waals surface area contributed by atoms with Crippen LogP contribution < -0.4 is 0 Å². The molecule has 1 aromatic heterocycles. The number of nitrogens with zero attached hydrogens (tertiary/aromatic N) is 2. The highest BCUT2D eigenvalue weighted by molar-refractivity contribution is 6.31. The summed E-state index contributed by atoms with van der Waals surface area (Å²) < 4.78 is 5.20. The van der Waals surface area contributed by atoms with Gasteiger partial charge in [0.05, 0.1) is 0 Å². The van der Waals surface area contributed by atoms with Crippen LogP contribution in [0.3, 0.4) is 0 Å². The number of amides is 1. The maximum Gasteiger partial charge on any atom is 0.289 e. The molecule has 1 unspecified atom stereocenters. The van der Waals surface area contributed by atoms with E-state index in [-0.39, 0.29) is 17.2 Å². The fraction of sp³-hybridized carbons (Fsp3) is 0.353. The second-order valence-corrected chi connectivity index (χ2v) is 6.41. The van der Waals surface area contributed by atoms with E-state index in [4.69, 9.17) is 27.6 Å². The van der Waals surface area contributed by atoms with E-state index in [1.54, 1.807) is 17.0 Å². The predicted molar refractivity (Wildman–Crippen MR) is 91.1 cm³/mol. The van der Waals surface area contributed by atoms with Gasteiger partial charge in [-0.2, -0.15) is 0 Å². The van der Waals surface area contributed by atoms with Crippen LogP contribution in [0, 0.1) is 0 Å². The molecule has 4 nitrogen and oxygen atoms in total. The van der Waals surface area contributed by atoms with E-state index in [0.717, 1.165) is 23.7 Å². The smallest absolute Gasteiger partial charge is 0.289 e. The first-order chi connectivity index (χ1) is 11.1. The molecule has 1 amide bonds. The molecule has 23 heavy (non-hydrogen) atoms. The molecule has 1 saturated heterocycles. The van der Waals surface area contributed by atoms with Gasteiger partial charge in [-0.05, 0) is 42.3 Å². The van der Waals surface area contributed by atoms with Crippen LogP contribution in [0.15, 0.2) is 40.8 Å². The highest BCUT2D eigenvalue weighted by Crippen LogP contribution is 2.28. The largest absolute Gasteiger partial charge is 0.440 e. The molecule has 1 atom stereocenters. The lowest BCUT2D eigenvalue weighted by atomic mass is 10.1. The first-order valence-electron chi connectivity index (χ1n) is 7.59. The molecule has 2 aromatic rings. The van der Waals surface area contributed by atoms with Crippen LogP contribution in [0.5, 0.6) is 0 Å². The number of halogens is 2. The summed E-state index contributed by atoms with van der Waals surface area (Å²) in [6, 6.07) is 11.3. The Hall–Kier alpha value is -1.49. The van der Waals surface area contributed by atoms with Crippen molar-refractivity contribution in [2.75, 3.05) is 26.2 Å². The Balaban J connectivity index is 1.62. The lowest BCUT2D eigenvalue weighted by Gasteiger charge is -2.38. The molecule has 1 aromatic carbocycles. The standard InChI is InChI=1S/C17H18Cl2N2O2/c1-12(13-4-2-3-5-14(13)18)20-8-10-21(11-9-20)17(22)15-6-7-16(19)23-15/h2-7,12H,8-11H2,1H3. The molecule has 2 heterocycles. The van der Waals surface area contributed by atoms with Crippen molar-refractivity contribution < 1.29 is 9.21 Å². The summed E-state index contributed by atoms with van der Waals surface area (Å²) in [5, 5.41) is 1.02. The van der Waals surface area contributed by atoms with Crippen LogP contribution in [0.1, 0.15) is 29.1 Å². The van der Waals surface area contributed by atoms with Gasteiger partial charge in [0.25, 0.3) is 5.91 Å². The zero-order chi connectivity index (χ0) is 16.4. The summed E-state index contributed by atoms with van der Waals surface area (Å²) in [6.45, 7) is 5.06. The molecule has 0 radical (unpaired) electrons. The van der Waals surface area contributed by atoms with Crippen molar-refractivity contribution in [1.29, 1.82) is 0 Å². The lowest BCUT2D eigenvalue weighted by molar-refractivity contribution is 0.0553. The summed E-state index contributed by atoms with van der Waals surface area (Å²) in [6.07, 6.45) is 0. The van der Waals surface area contributed by atoms with E-state index in [1.165, 1.54) is 0 Å². The average Bonchev–Trinajstić information content (AvgIpc) is 3.01. The van der Waals surface area contributed by atoms with Gasteiger partial charge in [-0.25, -0.2) is 0 Å². The predicted octanol–water partition coefficient (Wildman–Crippen LogP) is 4.11. The van der Waals surface area contributed by atoms with Crippen molar-refractivity contribution in [3.63, 3.8) is 0 Å². The third kappa shape index (κ3) is 3.55. The van der Waals surface area contributed by atoms with Crippen LogP contribution in [-0.4, -0.2) is 41.9 Å². The molecule has 1 fully saturated rings. The molecule has 6 heteroatoms. The molecule has 122 valence electrons. The van der Waals surface area contributed by atoms with E-state index in [2.05, 4.69) is 17.9 Å². The van der Waals surface area contributed by atoms with E-state index in [1.807, 2.05) is 18.2 Å². The van der Waals surface area contributed by atoms with Crippen LogP contribution in [-0.2, 0) is 0 Å². The van der Waals surface area contributed by atoms with Crippen LogP contribution in [0.25, 0.3) is 0 Å². The monoisotopic (exact) mass is 352 g/mol. The summed E-state index contributed by atoms with van der Waals surface area (Å²) in [5.41, 5.74) is 1.12. The fourth-order valence-electron chi connectivity index (χ4n) is 2.91. The number of hydrogen-bond donors (Lipinski definition) is 0. The van der Waals surface area contributed by atoms with E-state index in [9.17, 15) is 4.79 Å². The number of hydrogen-bond acceptors (Lipinski definition) is 3. The minimum Gasteiger partial charge on any atom is -0.440 e. The normalized spacial score (nSPS) is 17.3. The molecular weight excluding hydrogens is 335 g/mol. The second-order valence-electron chi connectivity index (χ2n) is 5.63. The minimum atomic E-state index is -0.109. The zero-order valence-corrected chi connectivity index (χ0v) is 14.3. The van der Waals surface area contributed by atoms with Crippen LogP contribution in [0.2, 0.25) is 10.2 Å². The molecule has 1 aliphatic rings. The zero-order valence-electron chi connectivity index (χ0n) is 12.8. The number of piperazine rings is 1. The van der Waals surface area contributed by atoms with Crippen molar-refractivity contribution in [3.05, 3.63) is 58.0 Å². The van der Waals surface area contributed by atoms with Gasteiger partial charge in [0.2, 0.25) is 0 Å². The SMILES string of the molecule is CC(c1ccccc1Cl)N1CCN(C(=O)c2ccc(Cl)o2)CC1. The summed E-state index contributed by atoms with van der Waals surface area (Å²) >= 11 is 12.0. The number of carbonyl (C=O) groups is 1. The maximum absolute atomic E-state index is 12.3. The molecular formula is C17H18Cl2N2O2. The molecule has 0 spiro atoms. The summed E-state index contributed by atoms with van der Waals surface area (Å²) in [7, 11) is 0. The van der Waals surface area contributed by atoms with Gasteiger partial charge in [0, 0.05) is 37.2 Å². The molecule has 1 aliphatic heterocycles. The third-order valence-corrected chi connectivity index (χ3v) is 4.84. The highest BCUT2D eigenvalue weighted by Gasteiger charge is 2.27. The topological polar surface area (TPSA) is 36.7 Å². The quantitative estimate of drug-likeness (QED) is 0.834. The second kappa shape index (κ2) is 6.95. The maximum atomic E-state index is 12.3.